The van der Waals surface area contributed by atoms with Crippen molar-refractivity contribution >= 4 is 46.1 Å². The number of halogens is 2. The van der Waals surface area contributed by atoms with Crippen LogP contribution in [0.1, 0.15) is 31.8 Å². The Kier molecular flexibility index (Phi) is 4.98. The summed E-state index contributed by atoms with van der Waals surface area (Å²) in [5.41, 5.74) is 13.7. The molecule has 0 saturated heterocycles. The van der Waals surface area contributed by atoms with E-state index in [1.165, 1.54) is 12.1 Å². The van der Waals surface area contributed by atoms with Crippen LogP contribution in [-0.2, 0) is 0 Å². The van der Waals surface area contributed by atoms with E-state index in [0.29, 0.717) is 43.7 Å². The molecule has 0 spiro atoms. The summed E-state index contributed by atoms with van der Waals surface area (Å²) in [4.78, 5) is 25.3. The van der Waals surface area contributed by atoms with Crippen LogP contribution in [0.25, 0.3) is 0 Å². The monoisotopic (exact) mass is 384 g/mol. The quantitative estimate of drug-likeness (QED) is 0.507. The summed E-state index contributed by atoms with van der Waals surface area (Å²) in [5.74, 6) is -0.503. The van der Waals surface area contributed by atoms with Crippen LogP contribution in [-0.4, -0.2) is 11.6 Å². The lowest BCUT2D eigenvalue weighted by Crippen LogP contribution is -2.06. The molecule has 0 atom stereocenters. The molecule has 0 saturated carbocycles. The summed E-state index contributed by atoms with van der Waals surface area (Å²) in [6.07, 6.45) is 0. The van der Waals surface area contributed by atoms with Gasteiger partial charge in [0.25, 0.3) is 0 Å². The van der Waals surface area contributed by atoms with Gasteiger partial charge >= 0.3 is 0 Å². The molecule has 0 radical (unpaired) electrons. The third kappa shape index (κ3) is 3.57. The van der Waals surface area contributed by atoms with Gasteiger partial charge in [0.1, 0.15) is 0 Å². The van der Waals surface area contributed by atoms with Crippen molar-refractivity contribution in [1.82, 2.24) is 0 Å². The van der Waals surface area contributed by atoms with E-state index in [2.05, 4.69) is 0 Å². The number of carbonyl (C=O) groups is 2. The summed E-state index contributed by atoms with van der Waals surface area (Å²) in [7, 11) is 0. The molecule has 130 valence electrons. The molecule has 26 heavy (non-hydrogen) atoms. The van der Waals surface area contributed by atoms with Gasteiger partial charge in [0.15, 0.2) is 11.6 Å². The molecule has 4 N–H and O–H groups in total. The lowest BCUT2D eigenvalue weighted by Gasteiger charge is -2.07. The molecule has 0 aromatic heterocycles. The van der Waals surface area contributed by atoms with Crippen molar-refractivity contribution in [2.24, 2.45) is 0 Å². The number of rotatable bonds is 4. The molecule has 0 bridgehead atoms. The van der Waals surface area contributed by atoms with Crippen LogP contribution in [0.4, 0.5) is 11.4 Å². The SMILES string of the molecule is Nc1cc(C(=O)c2cccc(C(=O)c3ccc(Cl)c(N)c3)c2)ccc1Cl. The zero-order valence-electron chi connectivity index (χ0n) is 13.5. The standard InChI is InChI=1S/C20H14Cl2N2O2/c21-15-6-4-13(9-17(15)23)19(25)11-2-1-3-12(8-11)20(26)14-5-7-16(22)18(24)10-14/h1-10H,23-24H2. The molecular formula is C20H14Cl2N2O2. The smallest absolute Gasteiger partial charge is 0.193 e. The lowest BCUT2D eigenvalue weighted by molar-refractivity contribution is 0.103. The van der Waals surface area contributed by atoms with Crippen LogP contribution >= 0.6 is 23.2 Å². The summed E-state index contributed by atoms with van der Waals surface area (Å²) in [6, 6.07) is 15.8. The molecule has 6 heteroatoms. The third-order valence-electron chi connectivity index (χ3n) is 3.90. The van der Waals surface area contributed by atoms with Crippen molar-refractivity contribution in [3.05, 3.63) is 93.0 Å². The largest absolute Gasteiger partial charge is 0.398 e. The first-order valence-corrected chi connectivity index (χ1v) is 8.42. The maximum absolute atomic E-state index is 12.7. The summed E-state index contributed by atoms with van der Waals surface area (Å²) >= 11 is 11.8. The first-order valence-electron chi connectivity index (χ1n) is 7.66. The molecule has 4 nitrogen and oxygen atoms in total. The minimum Gasteiger partial charge on any atom is -0.398 e. The Morgan fingerprint density at radius 2 is 1.00 bits per heavy atom. The Bertz CT molecular complexity index is 953. The Morgan fingerprint density at radius 3 is 1.38 bits per heavy atom. The Labute approximate surface area is 160 Å². The molecular weight excluding hydrogens is 371 g/mol. The van der Waals surface area contributed by atoms with Crippen molar-refractivity contribution in [2.45, 2.75) is 0 Å². The van der Waals surface area contributed by atoms with E-state index < -0.39 is 0 Å². The van der Waals surface area contributed by atoms with E-state index in [1.54, 1.807) is 48.5 Å². The zero-order chi connectivity index (χ0) is 18.8. The van der Waals surface area contributed by atoms with E-state index in [0.717, 1.165) is 0 Å². The summed E-state index contributed by atoms with van der Waals surface area (Å²) in [6.45, 7) is 0. The number of nitrogens with two attached hydrogens (primary N) is 2. The Morgan fingerprint density at radius 1 is 0.615 bits per heavy atom. The number of carbonyl (C=O) groups excluding carboxylic acids is 2. The van der Waals surface area contributed by atoms with Gasteiger partial charge in [0, 0.05) is 22.3 Å². The van der Waals surface area contributed by atoms with Crippen molar-refractivity contribution in [1.29, 1.82) is 0 Å². The van der Waals surface area contributed by atoms with E-state index in [4.69, 9.17) is 34.7 Å². The fourth-order valence-corrected chi connectivity index (χ4v) is 2.74. The van der Waals surface area contributed by atoms with Gasteiger partial charge in [-0.05, 0) is 42.5 Å². The number of hydrogen-bond acceptors (Lipinski definition) is 4. The average molecular weight is 385 g/mol. The van der Waals surface area contributed by atoms with Crippen LogP contribution in [0.5, 0.6) is 0 Å². The van der Waals surface area contributed by atoms with Crippen LogP contribution in [0, 0.1) is 0 Å². The van der Waals surface area contributed by atoms with Crippen LogP contribution in [0.3, 0.4) is 0 Å². The van der Waals surface area contributed by atoms with Crippen molar-refractivity contribution in [2.75, 3.05) is 11.5 Å². The first kappa shape index (κ1) is 18.0. The van der Waals surface area contributed by atoms with E-state index >= 15 is 0 Å². The predicted molar refractivity (Wildman–Crippen MR) is 105 cm³/mol. The summed E-state index contributed by atoms with van der Waals surface area (Å²) in [5, 5.41) is 0.761. The van der Waals surface area contributed by atoms with Crippen molar-refractivity contribution < 1.29 is 9.59 Å². The number of benzene rings is 3. The van der Waals surface area contributed by atoms with Gasteiger partial charge in [0.05, 0.1) is 21.4 Å². The predicted octanol–water partition coefficient (Wildman–Crippen LogP) is 4.62. The zero-order valence-corrected chi connectivity index (χ0v) is 15.0. The number of hydrogen-bond donors (Lipinski definition) is 2. The normalized spacial score (nSPS) is 10.5. The minimum absolute atomic E-state index is 0.251. The fourth-order valence-electron chi connectivity index (χ4n) is 2.50. The van der Waals surface area contributed by atoms with Gasteiger partial charge in [-0.25, -0.2) is 0 Å². The third-order valence-corrected chi connectivity index (χ3v) is 4.59. The summed E-state index contributed by atoms with van der Waals surface area (Å²) < 4.78 is 0. The number of anilines is 2. The van der Waals surface area contributed by atoms with E-state index in [-0.39, 0.29) is 11.6 Å². The Hall–Kier alpha value is -2.82. The van der Waals surface area contributed by atoms with Crippen LogP contribution < -0.4 is 11.5 Å². The molecule has 0 amide bonds. The lowest BCUT2D eigenvalue weighted by atomic mass is 9.97. The van der Waals surface area contributed by atoms with Gasteiger partial charge in [-0.2, -0.15) is 0 Å². The Balaban J connectivity index is 1.94. The average Bonchev–Trinajstić information content (AvgIpc) is 2.65. The molecule has 0 aliphatic rings. The second-order valence-corrected chi connectivity index (χ2v) is 6.53. The van der Waals surface area contributed by atoms with Gasteiger partial charge < -0.3 is 11.5 Å². The number of nitrogen functional groups attached to an aromatic ring is 2. The fraction of sp³-hybridized carbons (Fsp3) is 0. The minimum atomic E-state index is -0.251. The van der Waals surface area contributed by atoms with Crippen LogP contribution in [0.2, 0.25) is 10.0 Å². The first-order chi connectivity index (χ1) is 12.4. The highest BCUT2D eigenvalue weighted by Crippen LogP contribution is 2.23. The van der Waals surface area contributed by atoms with Crippen molar-refractivity contribution in [3.8, 4) is 0 Å². The molecule has 3 aromatic rings. The van der Waals surface area contributed by atoms with E-state index in [9.17, 15) is 9.59 Å². The highest BCUT2D eigenvalue weighted by atomic mass is 35.5. The molecule has 0 aliphatic heterocycles. The number of ketones is 2. The van der Waals surface area contributed by atoms with Gasteiger partial charge in [-0.1, -0.05) is 41.4 Å². The van der Waals surface area contributed by atoms with Crippen LogP contribution in [0.15, 0.2) is 60.7 Å². The maximum Gasteiger partial charge on any atom is 0.193 e. The molecule has 0 fully saturated rings. The van der Waals surface area contributed by atoms with Crippen molar-refractivity contribution in [3.63, 3.8) is 0 Å². The molecule has 0 heterocycles. The molecule has 0 unspecified atom stereocenters. The molecule has 3 aromatic carbocycles. The maximum atomic E-state index is 12.7. The van der Waals surface area contributed by atoms with E-state index in [1.807, 2.05) is 0 Å². The second kappa shape index (κ2) is 7.20. The second-order valence-electron chi connectivity index (χ2n) is 5.71. The molecule has 3 rings (SSSR count). The highest BCUT2D eigenvalue weighted by Gasteiger charge is 2.15. The van der Waals surface area contributed by atoms with Gasteiger partial charge in [-0.3, -0.25) is 9.59 Å². The van der Waals surface area contributed by atoms with Gasteiger partial charge in [-0.15, -0.1) is 0 Å². The molecule has 0 aliphatic carbocycles. The topological polar surface area (TPSA) is 86.2 Å². The van der Waals surface area contributed by atoms with Gasteiger partial charge in [0.2, 0.25) is 0 Å². The highest BCUT2D eigenvalue weighted by molar-refractivity contribution is 6.33.